The molecule has 21 heavy (non-hydrogen) atoms. The van der Waals surface area contributed by atoms with Crippen LogP contribution in [0.15, 0.2) is 53.1 Å². The molecule has 0 saturated heterocycles. The van der Waals surface area contributed by atoms with Crippen molar-refractivity contribution in [2.45, 2.75) is 13.8 Å². The highest BCUT2D eigenvalue weighted by Crippen LogP contribution is 2.27. The number of rotatable bonds is 2. The minimum Gasteiger partial charge on any atom is -0.396 e. The molecule has 1 aromatic heterocycles. The predicted octanol–water partition coefficient (Wildman–Crippen LogP) is 4.50. The topological polar surface area (TPSA) is 43.8 Å². The van der Waals surface area contributed by atoms with Gasteiger partial charge in [-0.2, -0.15) is 5.10 Å². The summed E-state index contributed by atoms with van der Waals surface area (Å²) in [6.45, 7) is 4.15. The zero-order chi connectivity index (χ0) is 15.0. The van der Waals surface area contributed by atoms with Crippen molar-refractivity contribution in [3.63, 3.8) is 0 Å². The van der Waals surface area contributed by atoms with Crippen molar-refractivity contribution in [2.75, 3.05) is 5.73 Å². The lowest BCUT2D eigenvalue weighted by Gasteiger charge is -2.06. The molecule has 0 radical (unpaired) electrons. The van der Waals surface area contributed by atoms with Gasteiger partial charge in [-0.3, -0.25) is 0 Å². The van der Waals surface area contributed by atoms with Crippen molar-refractivity contribution >= 4 is 21.6 Å². The van der Waals surface area contributed by atoms with Crippen LogP contribution in [0.25, 0.3) is 16.9 Å². The summed E-state index contributed by atoms with van der Waals surface area (Å²) in [4.78, 5) is 0. The first-order valence-electron chi connectivity index (χ1n) is 6.73. The molecule has 2 N–H and O–H groups in total. The quantitative estimate of drug-likeness (QED) is 0.745. The molecule has 0 aliphatic heterocycles. The predicted molar refractivity (Wildman–Crippen MR) is 90.6 cm³/mol. The van der Waals surface area contributed by atoms with Crippen LogP contribution in [0.4, 0.5) is 5.69 Å². The van der Waals surface area contributed by atoms with Gasteiger partial charge in [0.1, 0.15) is 5.69 Å². The third-order valence-corrected chi connectivity index (χ3v) is 4.00. The minimum absolute atomic E-state index is 0.679. The number of aromatic nitrogens is 2. The van der Waals surface area contributed by atoms with Crippen LogP contribution in [-0.4, -0.2) is 9.78 Å². The molecule has 0 amide bonds. The van der Waals surface area contributed by atoms with E-state index in [0.717, 1.165) is 21.4 Å². The van der Waals surface area contributed by atoms with Gasteiger partial charge in [-0.15, -0.1) is 0 Å². The Hall–Kier alpha value is -2.07. The number of nitrogens with two attached hydrogens (primary N) is 1. The number of halogens is 1. The number of hydrogen-bond acceptors (Lipinski definition) is 2. The second-order valence-electron chi connectivity index (χ2n) is 5.17. The lowest BCUT2D eigenvalue weighted by Crippen LogP contribution is -1.98. The van der Waals surface area contributed by atoms with Crippen molar-refractivity contribution in [2.24, 2.45) is 0 Å². The highest BCUT2D eigenvalue weighted by atomic mass is 79.9. The van der Waals surface area contributed by atoms with Crippen molar-refractivity contribution in [1.29, 1.82) is 0 Å². The van der Waals surface area contributed by atoms with E-state index in [1.165, 1.54) is 11.1 Å². The van der Waals surface area contributed by atoms with E-state index >= 15 is 0 Å². The summed E-state index contributed by atoms with van der Waals surface area (Å²) in [6.07, 6.45) is 1.87. The molecule has 106 valence electrons. The normalized spacial score (nSPS) is 10.8. The monoisotopic (exact) mass is 341 g/mol. The SMILES string of the molecule is Cc1ccc(C)c(-n2cc(N)c(-c3ccc(Br)cc3)n2)c1. The maximum Gasteiger partial charge on any atom is 0.116 e. The second kappa shape index (κ2) is 5.37. The number of benzene rings is 2. The van der Waals surface area contributed by atoms with Crippen LogP contribution in [-0.2, 0) is 0 Å². The summed E-state index contributed by atoms with van der Waals surface area (Å²) in [5.41, 5.74) is 12.1. The molecule has 1 heterocycles. The molecule has 3 nitrogen and oxygen atoms in total. The first-order chi connectivity index (χ1) is 10.0. The van der Waals surface area contributed by atoms with Gasteiger partial charge in [0, 0.05) is 10.0 Å². The minimum atomic E-state index is 0.679. The van der Waals surface area contributed by atoms with Gasteiger partial charge < -0.3 is 5.73 Å². The summed E-state index contributed by atoms with van der Waals surface area (Å²) in [6, 6.07) is 14.3. The Labute approximate surface area is 132 Å². The first kappa shape index (κ1) is 13.9. The third kappa shape index (κ3) is 2.72. The largest absolute Gasteiger partial charge is 0.396 e. The maximum absolute atomic E-state index is 6.14. The Morgan fingerprint density at radius 2 is 1.76 bits per heavy atom. The molecule has 0 unspecified atom stereocenters. The Balaban J connectivity index is 2.09. The average molecular weight is 342 g/mol. The summed E-state index contributed by atoms with van der Waals surface area (Å²) < 4.78 is 2.90. The Kier molecular flexibility index (Phi) is 3.55. The Morgan fingerprint density at radius 1 is 1.05 bits per heavy atom. The van der Waals surface area contributed by atoms with Gasteiger partial charge >= 0.3 is 0 Å². The van der Waals surface area contributed by atoms with E-state index in [2.05, 4.69) is 53.1 Å². The van der Waals surface area contributed by atoms with Gasteiger partial charge in [0.2, 0.25) is 0 Å². The van der Waals surface area contributed by atoms with Crippen LogP contribution in [0.5, 0.6) is 0 Å². The molecule has 0 aliphatic rings. The molecule has 3 aromatic rings. The van der Waals surface area contributed by atoms with Crippen molar-refractivity contribution in [3.8, 4) is 16.9 Å². The van der Waals surface area contributed by atoms with E-state index in [1.807, 2.05) is 35.1 Å². The summed E-state index contributed by atoms with van der Waals surface area (Å²) in [7, 11) is 0. The van der Waals surface area contributed by atoms with E-state index in [-0.39, 0.29) is 0 Å². The summed E-state index contributed by atoms with van der Waals surface area (Å²) in [5, 5.41) is 4.66. The van der Waals surface area contributed by atoms with Crippen LogP contribution < -0.4 is 5.73 Å². The molecular weight excluding hydrogens is 326 g/mol. The lowest BCUT2D eigenvalue weighted by molar-refractivity contribution is 0.875. The first-order valence-corrected chi connectivity index (χ1v) is 7.52. The second-order valence-corrected chi connectivity index (χ2v) is 6.09. The fraction of sp³-hybridized carbons (Fsp3) is 0.118. The average Bonchev–Trinajstić information content (AvgIpc) is 2.84. The fourth-order valence-electron chi connectivity index (χ4n) is 2.31. The highest BCUT2D eigenvalue weighted by Gasteiger charge is 2.11. The van der Waals surface area contributed by atoms with Gasteiger partial charge in [-0.05, 0) is 43.2 Å². The zero-order valence-electron chi connectivity index (χ0n) is 12.0. The number of nitrogens with zero attached hydrogens (tertiary/aromatic N) is 2. The van der Waals surface area contributed by atoms with Gasteiger partial charge in [0.25, 0.3) is 0 Å². The van der Waals surface area contributed by atoms with Crippen molar-refractivity contribution in [1.82, 2.24) is 9.78 Å². The molecule has 2 aromatic carbocycles. The van der Waals surface area contributed by atoms with E-state index in [9.17, 15) is 0 Å². The van der Waals surface area contributed by atoms with Crippen LogP contribution in [0.2, 0.25) is 0 Å². The molecule has 3 rings (SSSR count). The van der Waals surface area contributed by atoms with Crippen molar-refractivity contribution in [3.05, 3.63) is 64.3 Å². The third-order valence-electron chi connectivity index (χ3n) is 3.47. The van der Waals surface area contributed by atoms with Gasteiger partial charge in [0.15, 0.2) is 0 Å². The molecule has 0 fully saturated rings. The summed E-state index contributed by atoms with van der Waals surface area (Å²) >= 11 is 3.44. The highest BCUT2D eigenvalue weighted by molar-refractivity contribution is 9.10. The maximum atomic E-state index is 6.14. The molecule has 4 heteroatoms. The smallest absolute Gasteiger partial charge is 0.116 e. The summed E-state index contributed by atoms with van der Waals surface area (Å²) in [5.74, 6) is 0. The van der Waals surface area contributed by atoms with Gasteiger partial charge in [-0.25, -0.2) is 4.68 Å². The lowest BCUT2D eigenvalue weighted by atomic mass is 10.1. The van der Waals surface area contributed by atoms with E-state index in [0.29, 0.717) is 5.69 Å². The van der Waals surface area contributed by atoms with Crippen LogP contribution in [0, 0.1) is 13.8 Å². The molecule has 0 spiro atoms. The van der Waals surface area contributed by atoms with Gasteiger partial charge in [0.05, 0.1) is 17.6 Å². The molecule has 0 bridgehead atoms. The molecule has 0 aliphatic carbocycles. The standard InChI is InChI=1S/C17H16BrN3/c1-11-3-4-12(2)16(9-11)21-10-15(19)17(20-21)13-5-7-14(18)8-6-13/h3-10H,19H2,1-2H3. The molecular formula is C17H16BrN3. The fourth-order valence-corrected chi connectivity index (χ4v) is 2.57. The molecule has 0 atom stereocenters. The van der Waals surface area contributed by atoms with Crippen LogP contribution >= 0.6 is 15.9 Å². The Bertz CT molecular complexity index is 788. The number of aryl methyl sites for hydroxylation is 2. The zero-order valence-corrected chi connectivity index (χ0v) is 13.6. The number of hydrogen-bond donors (Lipinski definition) is 1. The Morgan fingerprint density at radius 3 is 2.48 bits per heavy atom. The van der Waals surface area contributed by atoms with E-state index < -0.39 is 0 Å². The van der Waals surface area contributed by atoms with E-state index in [1.54, 1.807) is 0 Å². The van der Waals surface area contributed by atoms with E-state index in [4.69, 9.17) is 5.73 Å². The van der Waals surface area contributed by atoms with Crippen LogP contribution in [0.3, 0.4) is 0 Å². The molecule has 0 saturated carbocycles. The van der Waals surface area contributed by atoms with Crippen molar-refractivity contribution < 1.29 is 0 Å². The van der Waals surface area contributed by atoms with Crippen LogP contribution in [0.1, 0.15) is 11.1 Å². The van der Waals surface area contributed by atoms with Gasteiger partial charge in [-0.1, -0.05) is 40.2 Å². The number of anilines is 1. The number of nitrogen functional groups attached to an aromatic ring is 1.